The van der Waals surface area contributed by atoms with Crippen LogP contribution in [0.3, 0.4) is 0 Å². The van der Waals surface area contributed by atoms with E-state index < -0.39 is 0 Å². The zero-order valence-electron chi connectivity index (χ0n) is 7.32. The number of nitrogens with two attached hydrogens (primary N) is 1. The molecule has 1 unspecified atom stereocenters. The van der Waals surface area contributed by atoms with E-state index in [4.69, 9.17) is 10.5 Å². The van der Waals surface area contributed by atoms with Crippen molar-refractivity contribution in [1.29, 1.82) is 0 Å². The molecule has 1 aromatic heterocycles. The topological polar surface area (TPSA) is 61.0 Å². The van der Waals surface area contributed by atoms with Gasteiger partial charge in [0.2, 0.25) is 0 Å². The maximum Gasteiger partial charge on any atom is 0.316 e. The number of rotatable bonds is 3. The van der Waals surface area contributed by atoms with Gasteiger partial charge in [0.1, 0.15) is 0 Å². The summed E-state index contributed by atoms with van der Waals surface area (Å²) in [5.74, 6) is 0. The van der Waals surface area contributed by atoms with Crippen molar-refractivity contribution in [2.75, 3.05) is 5.73 Å². The molecule has 1 rings (SSSR count). The van der Waals surface area contributed by atoms with E-state index in [9.17, 15) is 0 Å². The average Bonchev–Trinajstić information content (AvgIpc) is 2.09. The van der Waals surface area contributed by atoms with Gasteiger partial charge in [-0.2, -0.15) is 0 Å². The normalized spacial score (nSPS) is 12.5. The Morgan fingerprint density at radius 1 is 1.50 bits per heavy atom. The Balaban J connectivity index is 2.58. The minimum absolute atomic E-state index is 0.147. The second-order valence-electron chi connectivity index (χ2n) is 2.64. The lowest BCUT2D eigenvalue weighted by atomic mass is 10.3. The van der Waals surface area contributed by atoms with Gasteiger partial charge in [-0.1, -0.05) is 6.92 Å². The first-order valence-corrected chi connectivity index (χ1v) is 3.96. The molecule has 0 bridgehead atoms. The van der Waals surface area contributed by atoms with E-state index in [1.807, 2.05) is 13.8 Å². The summed E-state index contributed by atoms with van der Waals surface area (Å²) >= 11 is 0. The summed E-state index contributed by atoms with van der Waals surface area (Å²) in [5, 5.41) is 0. The van der Waals surface area contributed by atoms with Crippen LogP contribution in [0.25, 0.3) is 0 Å². The third-order valence-corrected chi connectivity index (χ3v) is 1.53. The van der Waals surface area contributed by atoms with Crippen molar-refractivity contribution in [2.45, 2.75) is 26.4 Å². The zero-order valence-corrected chi connectivity index (χ0v) is 7.32. The van der Waals surface area contributed by atoms with Crippen LogP contribution in [0.1, 0.15) is 20.3 Å². The first-order valence-electron chi connectivity index (χ1n) is 3.96. The lowest BCUT2D eigenvalue weighted by Gasteiger charge is -2.09. The number of hydrogen-bond acceptors (Lipinski definition) is 4. The Hall–Kier alpha value is -1.32. The van der Waals surface area contributed by atoms with Gasteiger partial charge in [-0.05, 0) is 13.3 Å². The molecule has 2 N–H and O–H groups in total. The molecule has 1 heterocycles. The van der Waals surface area contributed by atoms with Gasteiger partial charge in [-0.3, -0.25) is 0 Å². The standard InChI is InChI=1S/C8H13N3O/c1-3-6(2)12-8-10-4-7(9)5-11-8/h4-6H,3,9H2,1-2H3. The van der Waals surface area contributed by atoms with E-state index in [1.54, 1.807) is 0 Å². The van der Waals surface area contributed by atoms with E-state index in [0.717, 1.165) is 6.42 Å². The molecule has 0 saturated carbocycles. The number of nitrogens with zero attached hydrogens (tertiary/aromatic N) is 2. The van der Waals surface area contributed by atoms with Crippen LogP contribution in [0.5, 0.6) is 6.01 Å². The van der Waals surface area contributed by atoms with Crippen LogP contribution >= 0.6 is 0 Å². The van der Waals surface area contributed by atoms with Crippen LogP contribution < -0.4 is 10.5 Å². The molecule has 4 heteroatoms. The highest BCUT2D eigenvalue weighted by atomic mass is 16.5. The van der Waals surface area contributed by atoms with E-state index >= 15 is 0 Å². The fourth-order valence-electron chi connectivity index (χ4n) is 0.650. The van der Waals surface area contributed by atoms with E-state index in [2.05, 4.69) is 9.97 Å². The highest BCUT2D eigenvalue weighted by Gasteiger charge is 2.02. The molecule has 0 radical (unpaired) electrons. The number of ether oxygens (including phenoxy) is 1. The molecule has 66 valence electrons. The highest BCUT2D eigenvalue weighted by Crippen LogP contribution is 2.06. The van der Waals surface area contributed by atoms with Crippen LogP contribution in [0.15, 0.2) is 12.4 Å². The van der Waals surface area contributed by atoms with Crippen molar-refractivity contribution in [1.82, 2.24) is 9.97 Å². The number of anilines is 1. The van der Waals surface area contributed by atoms with Gasteiger partial charge < -0.3 is 10.5 Å². The zero-order chi connectivity index (χ0) is 8.97. The van der Waals surface area contributed by atoms with Crippen molar-refractivity contribution in [3.63, 3.8) is 0 Å². The molecular weight excluding hydrogens is 154 g/mol. The first-order chi connectivity index (χ1) is 5.72. The number of aromatic nitrogens is 2. The van der Waals surface area contributed by atoms with Gasteiger partial charge in [0, 0.05) is 0 Å². The molecule has 1 atom stereocenters. The summed E-state index contributed by atoms with van der Waals surface area (Å²) in [6, 6.07) is 0.388. The largest absolute Gasteiger partial charge is 0.460 e. The van der Waals surface area contributed by atoms with Gasteiger partial charge >= 0.3 is 6.01 Å². The van der Waals surface area contributed by atoms with E-state index in [-0.39, 0.29) is 6.10 Å². The molecule has 0 saturated heterocycles. The molecule has 0 aliphatic carbocycles. The highest BCUT2D eigenvalue weighted by molar-refractivity contribution is 5.30. The van der Waals surface area contributed by atoms with Crippen LogP contribution in [0.4, 0.5) is 5.69 Å². The third kappa shape index (κ3) is 2.38. The predicted molar refractivity (Wildman–Crippen MR) is 46.8 cm³/mol. The van der Waals surface area contributed by atoms with Gasteiger partial charge in [0.25, 0.3) is 0 Å². The molecule has 0 aromatic carbocycles. The predicted octanol–water partition coefficient (Wildman–Crippen LogP) is 1.24. The van der Waals surface area contributed by atoms with Gasteiger partial charge in [-0.25, -0.2) is 9.97 Å². The summed E-state index contributed by atoms with van der Waals surface area (Å²) in [5.41, 5.74) is 5.96. The van der Waals surface area contributed by atoms with Crippen LogP contribution in [-0.2, 0) is 0 Å². The smallest absolute Gasteiger partial charge is 0.316 e. The molecule has 0 spiro atoms. The molecule has 12 heavy (non-hydrogen) atoms. The van der Waals surface area contributed by atoms with Crippen molar-refractivity contribution in [3.8, 4) is 6.01 Å². The SMILES string of the molecule is CCC(C)Oc1ncc(N)cn1. The van der Waals surface area contributed by atoms with Gasteiger partial charge in [0.05, 0.1) is 24.2 Å². The van der Waals surface area contributed by atoms with E-state index in [1.165, 1.54) is 12.4 Å². The van der Waals surface area contributed by atoms with Crippen molar-refractivity contribution < 1.29 is 4.74 Å². The van der Waals surface area contributed by atoms with Crippen LogP contribution in [0.2, 0.25) is 0 Å². The molecular formula is C8H13N3O. The maximum absolute atomic E-state index is 5.41. The third-order valence-electron chi connectivity index (χ3n) is 1.53. The molecule has 1 aromatic rings. The fraction of sp³-hybridized carbons (Fsp3) is 0.500. The second kappa shape index (κ2) is 3.90. The van der Waals surface area contributed by atoms with Crippen molar-refractivity contribution in [2.24, 2.45) is 0 Å². The summed E-state index contributed by atoms with van der Waals surface area (Å²) in [7, 11) is 0. The Kier molecular flexibility index (Phi) is 2.85. The molecule has 0 fully saturated rings. The molecule has 0 aliphatic heterocycles. The Morgan fingerprint density at radius 3 is 2.58 bits per heavy atom. The quantitative estimate of drug-likeness (QED) is 0.735. The first kappa shape index (κ1) is 8.77. The van der Waals surface area contributed by atoms with Crippen LogP contribution in [0, 0.1) is 0 Å². The van der Waals surface area contributed by atoms with Gasteiger partial charge in [0.15, 0.2) is 0 Å². The van der Waals surface area contributed by atoms with Gasteiger partial charge in [-0.15, -0.1) is 0 Å². The summed E-state index contributed by atoms with van der Waals surface area (Å²) in [4.78, 5) is 7.82. The summed E-state index contributed by atoms with van der Waals surface area (Å²) < 4.78 is 5.34. The molecule has 0 aliphatic rings. The Morgan fingerprint density at radius 2 is 2.08 bits per heavy atom. The molecule has 4 nitrogen and oxygen atoms in total. The van der Waals surface area contributed by atoms with Crippen LogP contribution in [-0.4, -0.2) is 16.1 Å². The monoisotopic (exact) mass is 167 g/mol. The minimum atomic E-state index is 0.147. The van der Waals surface area contributed by atoms with Crippen molar-refractivity contribution in [3.05, 3.63) is 12.4 Å². The lowest BCUT2D eigenvalue weighted by molar-refractivity contribution is 0.199. The summed E-state index contributed by atoms with van der Waals surface area (Å²) in [6.07, 6.45) is 4.15. The van der Waals surface area contributed by atoms with E-state index in [0.29, 0.717) is 11.7 Å². The fourth-order valence-corrected chi connectivity index (χ4v) is 0.650. The number of hydrogen-bond donors (Lipinski definition) is 1. The van der Waals surface area contributed by atoms with Crippen molar-refractivity contribution >= 4 is 5.69 Å². The Bertz CT molecular complexity index is 235. The average molecular weight is 167 g/mol. The minimum Gasteiger partial charge on any atom is -0.460 e. The maximum atomic E-state index is 5.41. The lowest BCUT2D eigenvalue weighted by Crippen LogP contribution is -2.11. The number of nitrogen functional groups attached to an aromatic ring is 1. The summed E-state index contributed by atoms with van der Waals surface area (Å²) in [6.45, 7) is 4.02. The molecule has 0 amide bonds. The second-order valence-corrected chi connectivity index (χ2v) is 2.64. The Labute approximate surface area is 71.8 Å².